The molecule has 1 aliphatic carbocycles. The van der Waals surface area contributed by atoms with E-state index in [1.807, 2.05) is 6.92 Å². The van der Waals surface area contributed by atoms with Crippen LogP contribution in [0.3, 0.4) is 0 Å². The lowest BCUT2D eigenvalue weighted by Gasteiger charge is -2.40. The van der Waals surface area contributed by atoms with Crippen LogP contribution >= 0.6 is 0 Å². The number of ketones is 2. The van der Waals surface area contributed by atoms with Crippen LogP contribution in [0, 0.1) is 5.41 Å². The molecule has 1 N–H and O–H groups in total. The fourth-order valence-corrected chi connectivity index (χ4v) is 3.40. The van der Waals surface area contributed by atoms with Crippen LogP contribution < -0.4 is 0 Å². The number of benzene rings is 1. The summed E-state index contributed by atoms with van der Waals surface area (Å²) >= 11 is 0. The van der Waals surface area contributed by atoms with Gasteiger partial charge in [0.05, 0.1) is 6.54 Å². The molecule has 2 aliphatic rings. The van der Waals surface area contributed by atoms with Gasteiger partial charge in [-0.1, -0.05) is 25.5 Å². The fourth-order valence-electron chi connectivity index (χ4n) is 3.40. The third-order valence-corrected chi connectivity index (χ3v) is 5.05. The van der Waals surface area contributed by atoms with Gasteiger partial charge < -0.3 is 10.0 Å². The van der Waals surface area contributed by atoms with Gasteiger partial charge in [0, 0.05) is 23.9 Å². The molecular formula is C18H21NO4. The molecular weight excluding hydrogens is 294 g/mol. The minimum absolute atomic E-state index is 0.0151. The Morgan fingerprint density at radius 2 is 1.96 bits per heavy atom. The highest BCUT2D eigenvalue weighted by molar-refractivity contribution is 5.97. The van der Waals surface area contributed by atoms with E-state index in [0.717, 1.165) is 30.4 Å². The summed E-state index contributed by atoms with van der Waals surface area (Å²) in [7, 11) is 0. The molecule has 5 nitrogen and oxygen atoms in total. The molecule has 1 heterocycles. The van der Waals surface area contributed by atoms with E-state index in [-0.39, 0.29) is 35.9 Å². The zero-order chi connectivity index (χ0) is 16.6. The number of carbonyl (C=O) groups excluding carboxylic acids is 3. The summed E-state index contributed by atoms with van der Waals surface area (Å²) in [4.78, 5) is 38.2. The number of amides is 1. The van der Waals surface area contributed by atoms with Gasteiger partial charge in [-0.3, -0.25) is 14.4 Å². The maximum Gasteiger partial charge on any atom is 0.229 e. The van der Waals surface area contributed by atoms with Gasteiger partial charge in [-0.25, -0.2) is 0 Å². The predicted molar refractivity (Wildman–Crippen MR) is 83.9 cm³/mol. The number of aliphatic hydroxyl groups is 1. The smallest absolute Gasteiger partial charge is 0.229 e. The SMILES string of the molecule is CC1(C(=O)N2CC(=O)Cc3ccc(C(=O)CO)cc3C2)CCC1. The molecule has 1 fully saturated rings. The van der Waals surface area contributed by atoms with Gasteiger partial charge in [-0.2, -0.15) is 0 Å². The minimum Gasteiger partial charge on any atom is -0.388 e. The van der Waals surface area contributed by atoms with E-state index < -0.39 is 6.61 Å². The molecule has 0 unspecified atom stereocenters. The first kappa shape index (κ1) is 15.9. The first-order valence-electron chi connectivity index (χ1n) is 8.00. The summed E-state index contributed by atoms with van der Waals surface area (Å²) in [5.41, 5.74) is 1.76. The summed E-state index contributed by atoms with van der Waals surface area (Å²) < 4.78 is 0. The maximum atomic E-state index is 12.8. The maximum absolute atomic E-state index is 12.8. The second kappa shape index (κ2) is 5.89. The molecule has 0 aromatic heterocycles. The number of hydrogen-bond donors (Lipinski definition) is 1. The zero-order valence-corrected chi connectivity index (χ0v) is 13.3. The summed E-state index contributed by atoms with van der Waals surface area (Å²) in [5, 5.41) is 9.01. The van der Waals surface area contributed by atoms with Crippen molar-refractivity contribution in [3.63, 3.8) is 0 Å². The number of aliphatic hydroxyl groups excluding tert-OH is 1. The Labute approximate surface area is 135 Å². The van der Waals surface area contributed by atoms with Crippen LogP contribution in [0.5, 0.6) is 0 Å². The van der Waals surface area contributed by atoms with E-state index in [0.29, 0.717) is 12.1 Å². The second-order valence-corrected chi connectivity index (χ2v) is 6.86. The van der Waals surface area contributed by atoms with E-state index in [1.54, 1.807) is 23.1 Å². The van der Waals surface area contributed by atoms with Crippen LogP contribution in [0.25, 0.3) is 0 Å². The Kier molecular flexibility index (Phi) is 4.06. The van der Waals surface area contributed by atoms with Crippen LogP contribution in [0.2, 0.25) is 0 Å². The van der Waals surface area contributed by atoms with Crippen molar-refractivity contribution in [3.8, 4) is 0 Å². The van der Waals surface area contributed by atoms with Gasteiger partial charge in [0.25, 0.3) is 0 Å². The number of carbonyl (C=O) groups is 3. The molecule has 1 saturated carbocycles. The third kappa shape index (κ3) is 2.93. The van der Waals surface area contributed by atoms with E-state index >= 15 is 0 Å². The Bertz CT molecular complexity index is 676. The number of rotatable bonds is 3. The highest BCUT2D eigenvalue weighted by Crippen LogP contribution is 2.42. The van der Waals surface area contributed by atoms with Crippen LogP contribution in [0.15, 0.2) is 18.2 Å². The Morgan fingerprint density at radius 1 is 1.22 bits per heavy atom. The Balaban J connectivity index is 1.91. The van der Waals surface area contributed by atoms with Crippen molar-refractivity contribution in [2.45, 2.75) is 39.2 Å². The lowest BCUT2D eigenvalue weighted by Crippen LogP contribution is -2.47. The molecule has 0 bridgehead atoms. The molecule has 1 amide bonds. The van der Waals surface area contributed by atoms with Crippen LogP contribution in [0.1, 0.15) is 47.7 Å². The van der Waals surface area contributed by atoms with Crippen LogP contribution in [-0.2, 0) is 22.6 Å². The normalized spacial score (nSPS) is 19.6. The largest absolute Gasteiger partial charge is 0.388 e. The molecule has 0 radical (unpaired) electrons. The van der Waals surface area contributed by atoms with Crippen LogP contribution in [-0.4, -0.2) is 40.6 Å². The van der Waals surface area contributed by atoms with E-state index in [4.69, 9.17) is 5.11 Å². The van der Waals surface area contributed by atoms with Crippen molar-refractivity contribution in [1.29, 1.82) is 0 Å². The first-order chi connectivity index (χ1) is 10.9. The molecule has 1 aliphatic heterocycles. The van der Waals surface area contributed by atoms with Gasteiger partial charge in [-0.05, 0) is 30.0 Å². The highest BCUT2D eigenvalue weighted by atomic mass is 16.3. The van der Waals surface area contributed by atoms with Crippen molar-refractivity contribution >= 4 is 17.5 Å². The zero-order valence-electron chi connectivity index (χ0n) is 13.3. The van der Waals surface area contributed by atoms with Gasteiger partial charge >= 0.3 is 0 Å². The molecule has 5 heteroatoms. The topological polar surface area (TPSA) is 74.7 Å². The monoisotopic (exact) mass is 315 g/mol. The molecule has 1 aromatic rings. The van der Waals surface area contributed by atoms with Crippen molar-refractivity contribution in [1.82, 2.24) is 4.90 Å². The average molecular weight is 315 g/mol. The molecule has 0 atom stereocenters. The standard InChI is InChI=1S/C18H21NO4/c1-18(5-2-6-18)17(23)19-9-14-7-13(16(22)11-20)4-3-12(14)8-15(21)10-19/h3-4,7,20H,2,5-6,8-11H2,1H3. The fraction of sp³-hybridized carbons (Fsp3) is 0.500. The lowest BCUT2D eigenvalue weighted by atomic mass is 9.69. The molecule has 0 saturated heterocycles. The van der Waals surface area contributed by atoms with Crippen molar-refractivity contribution in [3.05, 3.63) is 34.9 Å². The van der Waals surface area contributed by atoms with E-state index in [2.05, 4.69) is 0 Å². The van der Waals surface area contributed by atoms with Crippen molar-refractivity contribution in [2.24, 2.45) is 5.41 Å². The summed E-state index contributed by atoms with van der Waals surface area (Å²) in [5.74, 6) is -0.308. The quantitative estimate of drug-likeness (QED) is 0.858. The minimum atomic E-state index is -0.543. The van der Waals surface area contributed by atoms with Crippen LogP contribution in [0.4, 0.5) is 0 Å². The molecule has 23 heavy (non-hydrogen) atoms. The predicted octanol–water partition coefficient (Wildman–Crippen LogP) is 1.51. The number of Topliss-reactive ketones (excluding diaryl/α,β-unsaturated/α-hetero) is 2. The second-order valence-electron chi connectivity index (χ2n) is 6.86. The third-order valence-electron chi connectivity index (χ3n) is 5.05. The number of hydrogen-bond acceptors (Lipinski definition) is 4. The van der Waals surface area contributed by atoms with Crippen molar-refractivity contribution in [2.75, 3.05) is 13.2 Å². The summed E-state index contributed by atoms with van der Waals surface area (Å²) in [6, 6.07) is 5.10. The van der Waals surface area contributed by atoms with Gasteiger partial charge in [0.2, 0.25) is 5.91 Å². The number of nitrogens with zero attached hydrogens (tertiary/aromatic N) is 1. The molecule has 3 rings (SSSR count). The van der Waals surface area contributed by atoms with Gasteiger partial charge in [-0.15, -0.1) is 0 Å². The average Bonchev–Trinajstić information content (AvgIpc) is 2.68. The number of fused-ring (bicyclic) bond motifs is 1. The lowest BCUT2D eigenvalue weighted by molar-refractivity contribution is -0.148. The molecule has 122 valence electrons. The molecule has 1 aromatic carbocycles. The Morgan fingerprint density at radius 3 is 2.57 bits per heavy atom. The highest BCUT2D eigenvalue weighted by Gasteiger charge is 2.42. The van der Waals surface area contributed by atoms with E-state index in [1.165, 1.54) is 0 Å². The van der Waals surface area contributed by atoms with Gasteiger partial charge in [0.1, 0.15) is 6.61 Å². The summed E-state index contributed by atoms with van der Waals surface area (Å²) in [6.45, 7) is 1.90. The molecule has 0 spiro atoms. The first-order valence-corrected chi connectivity index (χ1v) is 8.00. The summed E-state index contributed by atoms with van der Waals surface area (Å²) in [6.07, 6.45) is 3.07. The Hall–Kier alpha value is -2.01. The van der Waals surface area contributed by atoms with Gasteiger partial charge in [0.15, 0.2) is 11.6 Å². The van der Waals surface area contributed by atoms with Crippen molar-refractivity contribution < 1.29 is 19.5 Å². The van der Waals surface area contributed by atoms with E-state index in [9.17, 15) is 14.4 Å².